The van der Waals surface area contributed by atoms with Crippen LogP contribution in [-0.4, -0.2) is 181 Å². The van der Waals surface area contributed by atoms with Crippen LogP contribution in [0.3, 0.4) is 0 Å². The first-order valence-corrected chi connectivity index (χ1v) is 8.27. The van der Waals surface area contributed by atoms with E-state index in [0.29, 0.717) is 19.4 Å². The summed E-state index contributed by atoms with van der Waals surface area (Å²) in [4.78, 5) is 65.9. The van der Waals surface area contributed by atoms with Gasteiger partial charge in [-0.15, -0.1) is 0 Å². The molecule has 1 fully saturated rings. The van der Waals surface area contributed by atoms with Gasteiger partial charge in [0.05, 0.1) is 26.2 Å². The van der Waals surface area contributed by atoms with Gasteiger partial charge in [0.2, 0.25) is 5.91 Å². The standard InChI is InChI=1S/C10H16N2O8.C5H7NO3.2Na.2H/c13-7(14)3-11(4-8(15)16)1-2-12(5-9(17)18)6-10(19)20;7-4-2-1-3-6(4)5(8)9;;;;/h1-6H2,(H,13,14)(H,15,16)(H,17,18)(H,19,20);1-3H2,(H,8,9);;;;. The number of carboxylic acid groups (broad SMARTS) is 5. The van der Waals surface area contributed by atoms with E-state index in [0.717, 1.165) is 14.7 Å². The third-order valence-electron chi connectivity index (χ3n) is 3.47. The van der Waals surface area contributed by atoms with E-state index < -0.39 is 56.1 Å². The van der Waals surface area contributed by atoms with E-state index in [-0.39, 0.29) is 78.1 Å². The third kappa shape index (κ3) is 18.1. The van der Waals surface area contributed by atoms with Gasteiger partial charge in [-0.25, -0.2) is 9.69 Å². The average molecular weight is 469 g/mol. The van der Waals surface area contributed by atoms with Crippen molar-refractivity contribution in [1.82, 2.24) is 14.7 Å². The van der Waals surface area contributed by atoms with Crippen molar-refractivity contribution in [1.29, 1.82) is 0 Å². The molecular weight excluding hydrogens is 444 g/mol. The van der Waals surface area contributed by atoms with Crippen LogP contribution < -0.4 is 0 Å². The van der Waals surface area contributed by atoms with Gasteiger partial charge in [-0.3, -0.25) is 33.8 Å². The summed E-state index contributed by atoms with van der Waals surface area (Å²) in [5.74, 6) is -5.19. The van der Waals surface area contributed by atoms with Crippen molar-refractivity contribution in [3.63, 3.8) is 0 Å². The van der Waals surface area contributed by atoms with Crippen LogP contribution in [0.2, 0.25) is 0 Å². The Morgan fingerprint density at radius 1 is 0.710 bits per heavy atom. The van der Waals surface area contributed by atoms with Crippen LogP contribution in [-0.2, 0) is 24.0 Å². The minimum absolute atomic E-state index is 0. The monoisotopic (exact) mass is 469 g/mol. The Kier molecular flexibility index (Phi) is 20.3. The molecule has 0 aromatic carbocycles. The van der Waals surface area contributed by atoms with E-state index in [4.69, 9.17) is 25.5 Å². The molecule has 0 bridgehead atoms. The molecule has 1 saturated heterocycles. The van der Waals surface area contributed by atoms with Gasteiger partial charge in [0.25, 0.3) is 0 Å². The summed E-state index contributed by atoms with van der Waals surface area (Å²) in [7, 11) is 0. The molecule has 168 valence electrons. The van der Waals surface area contributed by atoms with Gasteiger partial charge in [-0.2, -0.15) is 0 Å². The maximum absolute atomic E-state index is 10.6. The topological polar surface area (TPSA) is 213 Å². The Labute approximate surface area is 221 Å². The number of nitrogens with zero attached hydrogens (tertiary/aromatic N) is 3. The normalized spacial score (nSPS) is 12.3. The van der Waals surface area contributed by atoms with Crippen LogP contribution >= 0.6 is 0 Å². The number of imide groups is 1. The molecule has 0 aromatic heterocycles. The van der Waals surface area contributed by atoms with Crippen LogP contribution in [0.15, 0.2) is 0 Å². The summed E-state index contributed by atoms with van der Waals surface area (Å²) >= 11 is 0. The summed E-state index contributed by atoms with van der Waals surface area (Å²) in [5.41, 5.74) is 0. The quantitative estimate of drug-likeness (QED) is 0.190. The maximum atomic E-state index is 10.6. The number of likely N-dealkylation sites (tertiary alicyclic amines) is 1. The molecule has 16 heteroatoms. The van der Waals surface area contributed by atoms with E-state index >= 15 is 0 Å². The fourth-order valence-electron chi connectivity index (χ4n) is 2.33. The Morgan fingerprint density at radius 3 is 1.19 bits per heavy atom. The number of carboxylic acids is 4. The molecule has 14 nitrogen and oxygen atoms in total. The number of hydrogen-bond donors (Lipinski definition) is 5. The summed E-state index contributed by atoms with van der Waals surface area (Å²) in [5, 5.41) is 42.8. The van der Waals surface area contributed by atoms with Crippen molar-refractivity contribution in [3.8, 4) is 0 Å². The average Bonchev–Trinajstić information content (AvgIpc) is 2.97. The summed E-state index contributed by atoms with van der Waals surface area (Å²) in [6, 6.07) is 0. The number of aliphatic carboxylic acids is 4. The van der Waals surface area contributed by atoms with Crippen LogP contribution in [0.25, 0.3) is 0 Å². The second-order valence-electron chi connectivity index (χ2n) is 5.93. The predicted octanol–water partition coefficient (Wildman–Crippen LogP) is -3.08. The molecule has 0 spiro atoms. The van der Waals surface area contributed by atoms with Crippen LogP contribution in [0.5, 0.6) is 0 Å². The Balaban J connectivity index is -0.000000598. The molecule has 1 aliphatic heterocycles. The van der Waals surface area contributed by atoms with Gasteiger partial charge in [-0.05, 0) is 6.42 Å². The molecule has 31 heavy (non-hydrogen) atoms. The van der Waals surface area contributed by atoms with Crippen molar-refractivity contribution in [2.24, 2.45) is 0 Å². The zero-order valence-electron chi connectivity index (χ0n) is 15.4. The van der Waals surface area contributed by atoms with E-state index in [2.05, 4.69) is 0 Å². The van der Waals surface area contributed by atoms with Crippen molar-refractivity contribution in [3.05, 3.63) is 0 Å². The van der Waals surface area contributed by atoms with E-state index in [1.165, 1.54) is 0 Å². The predicted molar refractivity (Wildman–Crippen MR) is 107 cm³/mol. The Hall–Kier alpha value is -1.26. The fraction of sp³-hybridized carbons (Fsp3) is 0.600. The molecule has 0 aromatic rings. The first-order chi connectivity index (χ1) is 13.4. The van der Waals surface area contributed by atoms with Crippen molar-refractivity contribution < 1.29 is 54.3 Å². The molecule has 0 atom stereocenters. The number of carbonyl (C=O) groups is 6. The number of hydrogen-bond acceptors (Lipinski definition) is 8. The first kappa shape index (κ1) is 34.4. The molecule has 0 aliphatic carbocycles. The van der Waals surface area contributed by atoms with Crippen LogP contribution in [0.4, 0.5) is 4.79 Å². The van der Waals surface area contributed by atoms with Gasteiger partial charge < -0.3 is 25.5 Å². The van der Waals surface area contributed by atoms with E-state index in [9.17, 15) is 28.8 Å². The minimum atomic E-state index is -1.23. The van der Waals surface area contributed by atoms with Crippen molar-refractivity contribution in [2.75, 3.05) is 45.8 Å². The molecule has 1 rings (SSSR count). The van der Waals surface area contributed by atoms with Gasteiger partial charge in [-0.1, -0.05) is 0 Å². The molecule has 2 amide bonds. The van der Waals surface area contributed by atoms with Gasteiger partial charge in [0.15, 0.2) is 0 Å². The molecule has 1 heterocycles. The second-order valence-corrected chi connectivity index (χ2v) is 5.93. The van der Waals surface area contributed by atoms with E-state index in [1.54, 1.807) is 0 Å². The molecule has 0 radical (unpaired) electrons. The summed E-state index contributed by atoms with van der Waals surface area (Å²) in [6.07, 6.45) is -0.0743. The number of amides is 2. The zero-order chi connectivity index (χ0) is 22.6. The molecule has 0 unspecified atom stereocenters. The fourth-order valence-corrected chi connectivity index (χ4v) is 2.33. The first-order valence-electron chi connectivity index (χ1n) is 8.27. The van der Waals surface area contributed by atoms with Crippen LogP contribution in [0.1, 0.15) is 12.8 Å². The SMILES string of the molecule is O=C(O)CN(CCN(CC(=O)O)CC(=O)O)CC(=O)O.O=C(O)N1CCCC1=O.[NaH].[NaH]. The van der Waals surface area contributed by atoms with Gasteiger partial charge in [0, 0.05) is 26.1 Å². The third-order valence-corrected chi connectivity index (χ3v) is 3.47. The molecular formula is C15H25N3Na2O11. The summed E-state index contributed by atoms with van der Waals surface area (Å²) in [6.45, 7) is -1.88. The molecule has 0 saturated carbocycles. The summed E-state index contributed by atoms with van der Waals surface area (Å²) < 4.78 is 0. The number of carbonyl (C=O) groups excluding carboxylic acids is 1. The zero-order valence-corrected chi connectivity index (χ0v) is 15.4. The Bertz CT molecular complexity index is 580. The van der Waals surface area contributed by atoms with Gasteiger partial charge >= 0.3 is 89.1 Å². The second kappa shape index (κ2) is 18.3. The number of rotatable bonds is 11. The van der Waals surface area contributed by atoms with Gasteiger partial charge in [0.1, 0.15) is 0 Å². The van der Waals surface area contributed by atoms with E-state index in [1.807, 2.05) is 0 Å². The van der Waals surface area contributed by atoms with Crippen LogP contribution in [0, 0.1) is 0 Å². The molecule has 1 aliphatic rings. The molecule has 5 N–H and O–H groups in total. The van der Waals surface area contributed by atoms with Crippen molar-refractivity contribution in [2.45, 2.75) is 12.8 Å². The Morgan fingerprint density at radius 2 is 1.03 bits per heavy atom. The van der Waals surface area contributed by atoms with Crippen molar-refractivity contribution >= 4 is 95.0 Å².